The third-order valence-electron chi connectivity index (χ3n) is 12.3. The molecule has 11 rings (SSSR count). The lowest BCUT2D eigenvalue weighted by Gasteiger charge is -2.31. The molecular formula is C55H41N3. The normalized spacial score (nSPS) is 17.2. The molecule has 0 bridgehead atoms. The van der Waals surface area contributed by atoms with Crippen molar-refractivity contribution in [2.45, 2.75) is 24.7 Å². The van der Waals surface area contributed by atoms with Gasteiger partial charge in [0.2, 0.25) is 0 Å². The van der Waals surface area contributed by atoms with E-state index in [2.05, 4.69) is 205 Å². The Morgan fingerprint density at radius 1 is 0.466 bits per heavy atom. The summed E-state index contributed by atoms with van der Waals surface area (Å²) in [6.07, 6.45) is 11.5. The summed E-state index contributed by atoms with van der Waals surface area (Å²) < 4.78 is 2.46. The van der Waals surface area contributed by atoms with Crippen LogP contribution in [0.4, 0.5) is 0 Å². The Kier molecular flexibility index (Phi) is 8.51. The Hall–Kier alpha value is -7.10. The Morgan fingerprint density at radius 3 is 1.86 bits per heavy atom. The van der Waals surface area contributed by atoms with Gasteiger partial charge in [-0.3, -0.25) is 0 Å². The average Bonchev–Trinajstić information content (AvgIpc) is 3.54. The smallest absolute Gasteiger partial charge is 0.160 e. The highest BCUT2D eigenvalue weighted by molar-refractivity contribution is 6.09. The second-order valence-corrected chi connectivity index (χ2v) is 15.7. The molecule has 276 valence electrons. The van der Waals surface area contributed by atoms with E-state index in [1.54, 1.807) is 0 Å². The van der Waals surface area contributed by atoms with E-state index in [1.165, 1.54) is 44.1 Å². The van der Waals surface area contributed by atoms with Crippen LogP contribution in [-0.4, -0.2) is 14.5 Å². The van der Waals surface area contributed by atoms with E-state index in [-0.39, 0.29) is 0 Å². The van der Waals surface area contributed by atoms with E-state index >= 15 is 0 Å². The predicted octanol–water partition coefficient (Wildman–Crippen LogP) is 13.8. The highest BCUT2D eigenvalue weighted by Gasteiger charge is 2.34. The lowest BCUT2D eigenvalue weighted by molar-refractivity contribution is 0.455. The summed E-state index contributed by atoms with van der Waals surface area (Å²) in [5.41, 5.74) is 15.1. The second-order valence-electron chi connectivity index (χ2n) is 15.7. The van der Waals surface area contributed by atoms with Crippen LogP contribution in [0.3, 0.4) is 0 Å². The van der Waals surface area contributed by atoms with Crippen molar-refractivity contribution in [1.82, 2.24) is 14.5 Å². The molecule has 2 aliphatic rings. The monoisotopic (exact) mass is 743 g/mol. The van der Waals surface area contributed by atoms with Crippen LogP contribution in [-0.2, 0) is 6.42 Å². The van der Waals surface area contributed by atoms with Gasteiger partial charge in [0.15, 0.2) is 5.82 Å². The Morgan fingerprint density at radius 2 is 1.09 bits per heavy atom. The first kappa shape index (κ1) is 34.2. The molecule has 9 aromatic rings. The number of nitrogens with zero attached hydrogens (tertiary/aromatic N) is 3. The number of benzene rings is 7. The van der Waals surface area contributed by atoms with Crippen LogP contribution in [0.2, 0.25) is 0 Å². The standard InChI is InChI=1S/C55H41N3/c1-3-16-37(17-4-1)40-21-15-22-41(32-40)51-36-52(57-55(56-51)39-19-5-2-6-20-39)43-33-42(46-31-30-38-18-7-8-23-45(38)47-24-9-10-25-48(46)47)34-44(35-43)58-53-28-13-11-26-49(53)50-27-12-14-29-54(50)58/h1-29,32-36,46-48H,30-31H2. The highest BCUT2D eigenvalue weighted by Crippen LogP contribution is 2.47. The highest BCUT2D eigenvalue weighted by atomic mass is 15.0. The van der Waals surface area contributed by atoms with Gasteiger partial charge in [0.1, 0.15) is 0 Å². The molecule has 3 nitrogen and oxygen atoms in total. The fourth-order valence-corrected chi connectivity index (χ4v) is 9.57. The van der Waals surface area contributed by atoms with Gasteiger partial charge >= 0.3 is 0 Å². The van der Waals surface area contributed by atoms with Crippen molar-refractivity contribution in [3.63, 3.8) is 0 Å². The predicted molar refractivity (Wildman–Crippen MR) is 240 cm³/mol. The zero-order valence-electron chi connectivity index (χ0n) is 32.1. The molecule has 0 aliphatic heterocycles. The fraction of sp³-hybridized carbons (Fsp3) is 0.0909. The van der Waals surface area contributed by atoms with Crippen LogP contribution in [0, 0.1) is 5.92 Å². The molecule has 0 saturated carbocycles. The molecule has 3 atom stereocenters. The van der Waals surface area contributed by atoms with Gasteiger partial charge in [0.25, 0.3) is 0 Å². The number of rotatable bonds is 6. The van der Waals surface area contributed by atoms with Gasteiger partial charge in [-0.2, -0.15) is 0 Å². The first-order chi connectivity index (χ1) is 28.7. The van der Waals surface area contributed by atoms with E-state index in [4.69, 9.17) is 9.97 Å². The number of para-hydroxylation sites is 2. The van der Waals surface area contributed by atoms with Crippen LogP contribution in [0.15, 0.2) is 206 Å². The summed E-state index contributed by atoms with van der Waals surface area (Å²) in [6.45, 7) is 0. The summed E-state index contributed by atoms with van der Waals surface area (Å²) in [7, 11) is 0. The van der Waals surface area contributed by atoms with E-state index in [9.17, 15) is 0 Å². The van der Waals surface area contributed by atoms with Crippen molar-refractivity contribution < 1.29 is 0 Å². The van der Waals surface area contributed by atoms with Gasteiger partial charge in [0.05, 0.1) is 22.4 Å². The maximum Gasteiger partial charge on any atom is 0.160 e. The molecule has 58 heavy (non-hydrogen) atoms. The van der Waals surface area contributed by atoms with Gasteiger partial charge in [-0.15, -0.1) is 0 Å². The fourth-order valence-electron chi connectivity index (χ4n) is 9.57. The molecular weight excluding hydrogens is 703 g/mol. The van der Waals surface area contributed by atoms with E-state index in [0.717, 1.165) is 52.2 Å². The molecule has 0 fully saturated rings. The molecule has 0 spiro atoms. The number of allylic oxidation sites excluding steroid dienone is 4. The maximum atomic E-state index is 5.40. The van der Waals surface area contributed by atoms with Gasteiger partial charge in [-0.25, -0.2) is 9.97 Å². The summed E-state index contributed by atoms with van der Waals surface area (Å²) in [5.74, 6) is 1.66. The third kappa shape index (κ3) is 6.07. The summed E-state index contributed by atoms with van der Waals surface area (Å²) >= 11 is 0. The number of aryl methyl sites for hydroxylation is 1. The Balaban J connectivity index is 1.15. The molecule has 2 heterocycles. The third-order valence-corrected chi connectivity index (χ3v) is 12.3. The molecule has 0 saturated heterocycles. The SMILES string of the molecule is C1=CC2c3ccccc3CCC(c3cc(-c4cc(-c5cccc(-c6ccccc6)c5)nc(-c5ccccc5)n4)cc(-n4c5ccccc5c5ccccc54)c3)C2C=C1. The minimum absolute atomic E-state index is 0.294. The molecule has 2 aromatic heterocycles. The van der Waals surface area contributed by atoms with Gasteiger partial charge in [0, 0.05) is 39.1 Å². The van der Waals surface area contributed by atoms with E-state index in [0.29, 0.717) is 23.6 Å². The topological polar surface area (TPSA) is 30.7 Å². The van der Waals surface area contributed by atoms with Gasteiger partial charge < -0.3 is 4.57 Å². The van der Waals surface area contributed by atoms with Gasteiger partial charge in [-0.05, 0) is 95.0 Å². The molecule has 2 aliphatic carbocycles. The molecule has 3 heteroatoms. The number of aromatic nitrogens is 3. The van der Waals surface area contributed by atoms with Crippen LogP contribution < -0.4 is 0 Å². The lowest BCUT2D eigenvalue weighted by atomic mass is 9.73. The summed E-state index contributed by atoms with van der Waals surface area (Å²) in [4.78, 5) is 10.7. The van der Waals surface area contributed by atoms with Crippen molar-refractivity contribution in [2.24, 2.45) is 5.92 Å². The quantitative estimate of drug-likeness (QED) is 0.170. The summed E-state index contributed by atoms with van der Waals surface area (Å²) in [5, 5.41) is 2.51. The minimum Gasteiger partial charge on any atom is -0.309 e. The largest absolute Gasteiger partial charge is 0.309 e. The second kappa shape index (κ2) is 14.4. The lowest BCUT2D eigenvalue weighted by Crippen LogP contribution is -2.18. The van der Waals surface area contributed by atoms with Crippen LogP contribution in [0.5, 0.6) is 0 Å². The zero-order valence-corrected chi connectivity index (χ0v) is 32.1. The molecule has 0 radical (unpaired) electrons. The van der Waals surface area contributed by atoms with Crippen LogP contribution in [0.25, 0.3) is 72.5 Å². The molecule has 7 aromatic carbocycles. The van der Waals surface area contributed by atoms with Crippen molar-refractivity contribution in [2.75, 3.05) is 0 Å². The number of fused-ring (bicyclic) bond motifs is 6. The minimum atomic E-state index is 0.294. The molecule has 0 N–H and O–H groups in total. The first-order valence-corrected chi connectivity index (χ1v) is 20.4. The first-order valence-electron chi connectivity index (χ1n) is 20.4. The Labute approximate surface area is 339 Å². The zero-order chi connectivity index (χ0) is 38.4. The van der Waals surface area contributed by atoms with Gasteiger partial charge in [-0.1, -0.05) is 164 Å². The number of hydrogen-bond acceptors (Lipinski definition) is 2. The summed E-state index contributed by atoms with van der Waals surface area (Å²) in [6, 6.07) is 65.8. The molecule has 3 unspecified atom stereocenters. The van der Waals surface area contributed by atoms with Crippen LogP contribution >= 0.6 is 0 Å². The Bertz CT molecular complexity index is 2970. The average molecular weight is 744 g/mol. The van der Waals surface area contributed by atoms with Crippen LogP contribution in [0.1, 0.15) is 34.9 Å². The van der Waals surface area contributed by atoms with Crippen molar-refractivity contribution >= 4 is 21.8 Å². The molecule has 0 amide bonds. The van der Waals surface area contributed by atoms with Crippen molar-refractivity contribution in [3.05, 3.63) is 223 Å². The van der Waals surface area contributed by atoms with E-state index in [1.807, 2.05) is 6.07 Å². The maximum absolute atomic E-state index is 5.40. The van der Waals surface area contributed by atoms with Crippen molar-refractivity contribution in [1.29, 1.82) is 0 Å². The number of hydrogen-bond donors (Lipinski definition) is 0. The van der Waals surface area contributed by atoms with Crippen molar-refractivity contribution in [3.8, 4) is 50.7 Å². The van der Waals surface area contributed by atoms with E-state index < -0.39 is 0 Å².